The van der Waals surface area contributed by atoms with Crippen molar-refractivity contribution in [3.63, 3.8) is 0 Å². The summed E-state index contributed by atoms with van der Waals surface area (Å²) in [5.74, 6) is 0.843. The van der Waals surface area contributed by atoms with Crippen molar-refractivity contribution in [1.29, 1.82) is 0 Å². The molecule has 0 bridgehead atoms. The topological polar surface area (TPSA) is 3.24 Å². The molecule has 3 atom stereocenters. The van der Waals surface area contributed by atoms with Crippen LogP contribution in [0.2, 0.25) is 5.02 Å². The van der Waals surface area contributed by atoms with Crippen LogP contribution in [0.15, 0.2) is 24.3 Å². The largest absolute Gasteiger partial charge is 0.293 e. The van der Waals surface area contributed by atoms with Gasteiger partial charge in [0.25, 0.3) is 0 Å². The van der Waals surface area contributed by atoms with Crippen LogP contribution < -0.4 is 0 Å². The molecule has 2 aliphatic heterocycles. The van der Waals surface area contributed by atoms with Crippen molar-refractivity contribution in [2.75, 3.05) is 6.54 Å². The summed E-state index contributed by atoms with van der Waals surface area (Å²) in [7, 11) is 0. The molecule has 0 amide bonds. The Morgan fingerprint density at radius 2 is 1.94 bits per heavy atom. The zero-order chi connectivity index (χ0) is 11.8. The first kappa shape index (κ1) is 11.6. The summed E-state index contributed by atoms with van der Waals surface area (Å²) in [4.78, 5) is 2.73. The Labute approximate surface area is 109 Å². The summed E-state index contributed by atoms with van der Waals surface area (Å²) in [6, 6.07) is 9.92. The molecule has 2 heterocycles. The molecule has 0 N–H and O–H groups in total. The zero-order valence-electron chi connectivity index (χ0n) is 10.4. The summed E-state index contributed by atoms with van der Waals surface area (Å²) in [5, 5.41) is 0.843. The number of piperidine rings is 1. The quantitative estimate of drug-likeness (QED) is 0.718. The van der Waals surface area contributed by atoms with E-state index in [1.165, 1.54) is 37.8 Å². The van der Waals surface area contributed by atoms with Gasteiger partial charge in [-0.1, -0.05) is 37.1 Å². The first-order valence-corrected chi connectivity index (χ1v) is 7.15. The molecule has 3 rings (SSSR count). The number of hydrogen-bond donors (Lipinski definition) is 0. The van der Waals surface area contributed by atoms with Gasteiger partial charge in [0.05, 0.1) is 0 Å². The summed E-state index contributed by atoms with van der Waals surface area (Å²) < 4.78 is 0. The minimum absolute atomic E-state index is 0.632. The van der Waals surface area contributed by atoms with Crippen LogP contribution in [-0.2, 0) is 0 Å². The van der Waals surface area contributed by atoms with Gasteiger partial charge in [-0.05, 0) is 49.4 Å². The van der Waals surface area contributed by atoms with Crippen LogP contribution in [-0.4, -0.2) is 17.5 Å². The Morgan fingerprint density at radius 3 is 2.71 bits per heavy atom. The SMILES string of the molecule is CC1CC(c2ccc(Cl)cc2)N2CCCCC12. The van der Waals surface area contributed by atoms with Gasteiger partial charge in [0.1, 0.15) is 0 Å². The number of halogens is 1. The standard InChI is InChI=1S/C15H20ClN/c1-11-10-15(12-5-7-13(16)8-6-12)17-9-3-2-4-14(11)17/h5-8,11,14-15H,2-4,9-10H2,1H3. The molecule has 17 heavy (non-hydrogen) atoms. The smallest absolute Gasteiger partial charge is 0.0406 e. The second-order valence-corrected chi connectivity index (χ2v) is 6.02. The number of fused-ring (bicyclic) bond motifs is 1. The highest BCUT2D eigenvalue weighted by atomic mass is 35.5. The Morgan fingerprint density at radius 1 is 1.18 bits per heavy atom. The lowest BCUT2D eigenvalue weighted by Gasteiger charge is -2.35. The van der Waals surface area contributed by atoms with E-state index in [4.69, 9.17) is 11.6 Å². The predicted molar refractivity (Wildman–Crippen MR) is 72.3 cm³/mol. The van der Waals surface area contributed by atoms with E-state index in [9.17, 15) is 0 Å². The van der Waals surface area contributed by atoms with E-state index in [0.29, 0.717) is 6.04 Å². The second-order valence-electron chi connectivity index (χ2n) is 5.58. The minimum atomic E-state index is 0.632. The molecule has 1 nitrogen and oxygen atoms in total. The van der Waals surface area contributed by atoms with Crippen LogP contribution in [0.4, 0.5) is 0 Å². The highest BCUT2D eigenvalue weighted by Gasteiger charge is 2.40. The molecule has 2 heteroatoms. The van der Waals surface area contributed by atoms with Crippen LogP contribution >= 0.6 is 11.6 Å². The molecule has 2 aliphatic rings. The molecule has 3 unspecified atom stereocenters. The van der Waals surface area contributed by atoms with Crippen LogP contribution in [0.1, 0.15) is 44.2 Å². The number of hydrogen-bond acceptors (Lipinski definition) is 1. The molecule has 2 fully saturated rings. The summed E-state index contributed by atoms with van der Waals surface area (Å²) in [6.45, 7) is 3.70. The Balaban J connectivity index is 1.85. The predicted octanol–water partition coefficient (Wildman–Crippen LogP) is 4.28. The van der Waals surface area contributed by atoms with E-state index < -0.39 is 0 Å². The van der Waals surface area contributed by atoms with Crippen molar-refractivity contribution < 1.29 is 0 Å². The van der Waals surface area contributed by atoms with Gasteiger partial charge in [-0.15, -0.1) is 0 Å². The van der Waals surface area contributed by atoms with Crippen molar-refractivity contribution in [2.24, 2.45) is 5.92 Å². The number of benzene rings is 1. The first-order valence-electron chi connectivity index (χ1n) is 6.77. The molecule has 0 saturated carbocycles. The molecule has 0 aliphatic carbocycles. The lowest BCUT2D eigenvalue weighted by atomic mass is 9.94. The van der Waals surface area contributed by atoms with Crippen molar-refractivity contribution in [3.8, 4) is 0 Å². The molecule has 1 aromatic rings. The Bertz CT molecular complexity index is 386. The summed E-state index contributed by atoms with van der Waals surface area (Å²) >= 11 is 5.97. The second kappa shape index (κ2) is 4.62. The van der Waals surface area contributed by atoms with E-state index in [-0.39, 0.29) is 0 Å². The molecule has 1 aromatic carbocycles. The van der Waals surface area contributed by atoms with Crippen molar-refractivity contribution in [1.82, 2.24) is 4.90 Å². The monoisotopic (exact) mass is 249 g/mol. The molecular formula is C15H20ClN. The minimum Gasteiger partial charge on any atom is -0.293 e. The summed E-state index contributed by atoms with van der Waals surface area (Å²) in [5.41, 5.74) is 1.45. The average Bonchev–Trinajstić information content (AvgIpc) is 2.69. The molecule has 92 valence electrons. The average molecular weight is 250 g/mol. The van der Waals surface area contributed by atoms with Crippen molar-refractivity contribution in [3.05, 3.63) is 34.9 Å². The van der Waals surface area contributed by atoms with E-state index >= 15 is 0 Å². The van der Waals surface area contributed by atoms with Gasteiger partial charge in [0.15, 0.2) is 0 Å². The van der Waals surface area contributed by atoms with Gasteiger partial charge in [-0.25, -0.2) is 0 Å². The highest BCUT2D eigenvalue weighted by molar-refractivity contribution is 6.30. The Kier molecular flexibility index (Phi) is 3.14. The van der Waals surface area contributed by atoms with Gasteiger partial charge in [-0.3, -0.25) is 4.90 Å². The number of nitrogens with zero attached hydrogens (tertiary/aromatic N) is 1. The highest BCUT2D eigenvalue weighted by Crippen LogP contribution is 2.43. The van der Waals surface area contributed by atoms with Gasteiger partial charge in [0, 0.05) is 17.1 Å². The van der Waals surface area contributed by atoms with Crippen molar-refractivity contribution in [2.45, 2.75) is 44.7 Å². The van der Waals surface area contributed by atoms with Gasteiger partial charge in [0.2, 0.25) is 0 Å². The van der Waals surface area contributed by atoms with Gasteiger partial charge in [-0.2, -0.15) is 0 Å². The summed E-state index contributed by atoms with van der Waals surface area (Å²) in [6.07, 6.45) is 5.49. The van der Waals surface area contributed by atoms with Crippen LogP contribution in [0.5, 0.6) is 0 Å². The maximum Gasteiger partial charge on any atom is 0.0406 e. The number of rotatable bonds is 1. The fourth-order valence-electron chi connectivity index (χ4n) is 3.63. The third-order valence-electron chi connectivity index (χ3n) is 4.50. The lowest BCUT2D eigenvalue weighted by Crippen LogP contribution is -2.37. The fourth-order valence-corrected chi connectivity index (χ4v) is 3.76. The third kappa shape index (κ3) is 2.11. The van der Waals surface area contributed by atoms with E-state index in [0.717, 1.165) is 17.0 Å². The normalized spacial score (nSPS) is 33.6. The maximum absolute atomic E-state index is 5.97. The van der Waals surface area contributed by atoms with Crippen molar-refractivity contribution >= 4 is 11.6 Å². The fraction of sp³-hybridized carbons (Fsp3) is 0.600. The molecule has 0 radical (unpaired) electrons. The van der Waals surface area contributed by atoms with E-state index in [1.54, 1.807) is 0 Å². The first-order chi connectivity index (χ1) is 8.25. The molecular weight excluding hydrogens is 230 g/mol. The van der Waals surface area contributed by atoms with Gasteiger partial charge >= 0.3 is 0 Å². The van der Waals surface area contributed by atoms with Crippen LogP contribution in [0.25, 0.3) is 0 Å². The van der Waals surface area contributed by atoms with E-state index in [1.807, 2.05) is 12.1 Å². The lowest BCUT2D eigenvalue weighted by molar-refractivity contribution is 0.137. The molecule has 2 saturated heterocycles. The Hall–Kier alpha value is -0.530. The third-order valence-corrected chi connectivity index (χ3v) is 4.75. The maximum atomic E-state index is 5.97. The van der Waals surface area contributed by atoms with Crippen LogP contribution in [0.3, 0.4) is 0 Å². The van der Waals surface area contributed by atoms with E-state index in [2.05, 4.69) is 24.0 Å². The van der Waals surface area contributed by atoms with Crippen LogP contribution in [0, 0.1) is 5.92 Å². The zero-order valence-corrected chi connectivity index (χ0v) is 11.2. The molecule has 0 aromatic heterocycles. The molecule has 0 spiro atoms. The van der Waals surface area contributed by atoms with Gasteiger partial charge < -0.3 is 0 Å².